The average molecular weight is 522 g/mol. The smallest absolute Gasteiger partial charge is 0.242 e. The molecule has 0 saturated carbocycles. The fourth-order valence-corrected chi connectivity index (χ4v) is 4.85. The minimum absolute atomic E-state index is 0.0888. The molecular weight excluding hydrogens is 486 g/mol. The van der Waals surface area contributed by atoms with Crippen molar-refractivity contribution in [3.8, 4) is 0 Å². The first kappa shape index (κ1) is 28.7. The Morgan fingerprint density at radius 3 is 2.31 bits per heavy atom. The molecule has 0 saturated heterocycles. The molecule has 0 aliphatic heterocycles. The van der Waals surface area contributed by atoms with Crippen molar-refractivity contribution in [2.24, 2.45) is 0 Å². The van der Waals surface area contributed by atoms with Crippen LogP contribution in [0.15, 0.2) is 48.5 Å². The van der Waals surface area contributed by atoms with E-state index in [-0.39, 0.29) is 31.3 Å². The van der Waals surface area contributed by atoms with Gasteiger partial charge in [-0.15, -0.1) is 0 Å². The van der Waals surface area contributed by atoms with Crippen molar-refractivity contribution in [3.05, 3.63) is 64.7 Å². The Balaban J connectivity index is 2.19. The van der Waals surface area contributed by atoms with Crippen molar-refractivity contribution < 1.29 is 18.0 Å². The van der Waals surface area contributed by atoms with E-state index in [0.29, 0.717) is 17.1 Å². The Bertz CT molecular complexity index is 1150. The summed E-state index contributed by atoms with van der Waals surface area (Å²) in [6, 6.07) is 13.7. The molecule has 0 bridgehead atoms. The number of hydrogen-bond acceptors (Lipinski definition) is 4. The molecule has 0 spiro atoms. The molecule has 7 nitrogen and oxygen atoms in total. The first-order valence-corrected chi connectivity index (χ1v) is 13.8. The molecule has 2 aromatic rings. The maximum Gasteiger partial charge on any atom is 0.242 e. The lowest BCUT2D eigenvalue weighted by molar-refractivity contribution is -0.141. The SMILES string of the molecule is Cc1cccc(N(CCCC(=O)N(Cc2cccc(Cl)c2)C(C)C(=O)NC(C)(C)C)S(C)(=O)=O)c1. The number of amides is 2. The lowest BCUT2D eigenvalue weighted by Gasteiger charge is -2.32. The van der Waals surface area contributed by atoms with Crippen LogP contribution in [0.1, 0.15) is 51.7 Å². The molecular formula is C26H36ClN3O4S. The molecule has 9 heteroatoms. The summed E-state index contributed by atoms with van der Waals surface area (Å²) < 4.78 is 26.2. The standard InChI is InChI=1S/C26H36ClN3O4S/c1-19-10-7-13-23(16-19)30(35(6,33)34)15-9-14-24(31)29(18-21-11-8-12-22(27)17-21)20(2)25(32)28-26(3,4)5/h7-8,10-13,16-17,20H,9,14-15,18H2,1-6H3,(H,28,32). The summed E-state index contributed by atoms with van der Waals surface area (Å²) in [4.78, 5) is 27.7. The number of sulfonamides is 1. The highest BCUT2D eigenvalue weighted by molar-refractivity contribution is 7.92. The van der Waals surface area contributed by atoms with Crippen LogP contribution < -0.4 is 9.62 Å². The maximum atomic E-state index is 13.3. The van der Waals surface area contributed by atoms with E-state index in [9.17, 15) is 18.0 Å². The minimum Gasteiger partial charge on any atom is -0.350 e. The molecule has 1 unspecified atom stereocenters. The summed E-state index contributed by atoms with van der Waals surface area (Å²) in [5, 5.41) is 3.47. The Morgan fingerprint density at radius 1 is 1.09 bits per heavy atom. The lowest BCUT2D eigenvalue weighted by atomic mass is 10.1. The molecule has 0 aliphatic carbocycles. The Kier molecular flexibility index (Phi) is 9.75. The van der Waals surface area contributed by atoms with Gasteiger partial charge in [-0.3, -0.25) is 13.9 Å². The van der Waals surface area contributed by atoms with E-state index >= 15 is 0 Å². The highest BCUT2D eigenvalue weighted by Gasteiger charge is 2.28. The zero-order chi connectivity index (χ0) is 26.4. The van der Waals surface area contributed by atoms with Crippen LogP contribution in [-0.2, 0) is 26.2 Å². The molecule has 0 fully saturated rings. The van der Waals surface area contributed by atoms with Crippen molar-refractivity contribution >= 4 is 39.1 Å². The number of carbonyl (C=O) groups is 2. The van der Waals surface area contributed by atoms with Gasteiger partial charge in [0.05, 0.1) is 11.9 Å². The number of benzene rings is 2. The van der Waals surface area contributed by atoms with Crippen LogP contribution in [0.3, 0.4) is 0 Å². The predicted molar refractivity (Wildman–Crippen MR) is 142 cm³/mol. The van der Waals surface area contributed by atoms with Crippen molar-refractivity contribution in [3.63, 3.8) is 0 Å². The van der Waals surface area contributed by atoms with E-state index in [1.165, 1.54) is 9.21 Å². The molecule has 192 valence electrons. The van der Waals surface area contributed by atoms with Gasteiger partial charge >= 0.3 is 0 Å². The van der Waals surface area contributed by atoms with Gasteiger partial charge in [0, 0.05) is 30.1 Å². The summed E-state index contributed by atoms with van der Waals surface area (Å²) in [7, 11) is -3.53. The van der Waals surface area contributed by atoms with Crippen molar-refractivity contribution in [2.45, 2.75) is 65.6 Å². The van der Waals surface area contributed by atoms with E-state index in [1.54, 1.807) is 43.3 Å². The number of halogens is 1. The van der Waals surface area contributed by atoms with Gasteiger partial charge in [0.25, 0.3) is 0 Å². The fourth-order valence-electron chi connectivity index (χ4n) is 3.68. The number of nitrogens with zero attached hydrogens (tertiary/aromatic N) is 2. The molecule has 0 heterocycles. The summed E-state index contributed by atoms with van der Waals surface area (Å²) in [6.45, 7) is 9.60. The number of hydrogen-bond donors (Lipinski definition) is 1. The predicted octanol–water partition coefficient (Wildman–Crippen LogP) is 4.53. The number of nitrogens with one attached hydrogen (secondary N) is 1. The average Bonchev–Trinajstić information content (AvgIpc) is 2.72. The largest absolute Gasteiger partial charge is 0.350 e. The van der Waals surface area contributed by atoms with E-state index in [1.807, 2.05) is 39.8 Å². The Hall–Kier alpha value is -2.58. The highest BCUT2D eigenvalue weighted by Crippen LogP contribution is 2.21. The van der Waals surface area contributed by atoms with Crippen molar-refractivity contribution in [1.29, 1.82) is 0 Å². The van der Waals surface area contributed by atoms with Gasteiger partial charge in [-0.05, 0) is 76.4 Å². The molecule has 1 N–H and O–H groups in total. The molecule has 2 amide bonds. The monoisotopic (exact) mass is 521 g/mol. The number of carbonyl (C=O) groups excluding carboxylic acids is 2. The van der Waals surface area contributed by atoms with Crippen LogP contribution in [0.2, 0.25) is 5.02 Å². The van der Waals surface area contributed by atoms with E-state index in [2.05, 4.69) is 5.32 Å². The van der Waals surface area contributed by atoms with Gasteiger partial charge in [0.2, 0.25) is 21.8 Å². The van der Waals surface area contributed by atoms with Crippen LogP contribution in [0.4, 0.5) is 5.69 Å². The molecule has 0 radical (unpaired) electrons. The second-order valence-electron chi connectivity index (χ2n) is 9.84. The van der Waals surface area contributed by atoms with Gasteiger partial charge in [0.15, 0.2) is 0 Å². The Morgan fingerprint density at radius 2 is 1.74 bits per heavy atom. The zero-order valence-electron chi connectivity index (χ0n) is 21.3. The van der Waals surface area contributed by atoms with Crippen LogP contribution in [0, 0.1) is 6.92 Å². The van der Waals surface area contributed by atoms with Gasteiger partial charge in [0.1, 0.15) is 6.04 Å². The summed E-state index contributed by atoms with van der Waals surface area (Å²) in [5.41, 5.74) is 1.87. The molecule has 0 aromatic heterocycles. The van der Waals surface area contributed by atoms with Gasteiger partial charge in [-0.2, -0.15) is 0 Å². The van der Waals surface area contributed by atoms with E-state index in [0.717, 1.165) is 17.4 Å². The van der Waals surface area contributed by atoms with Crippen LogP contribution >= 0.6 is 11.6 Å². The number of rotatable bonds is 10. The summed E-state index contributed by atoms with van der Waals surface area (Å²) >= 11 is 6.12. The second-order valence-corrected chi connectivity index (χ2v) is 12.2. The van der Waals surface area contributed by atoms with Gasteiger partial charge in [-0.25, -0.2) is 8.42 Å². The van der Waals surface area contributed by atoms with Crippen LogP contribution in [0.5, 0.6) is 0 Å². The van der Waals surface area contributed by atoms with Crippen LogP contribution in [0.25, 0.3) is 0 Å². The number of aryl methyl sites for hydroxylation is 1. The third-order valence-electron chi connectivity index (χ3n) is 5.35. The maximum absolute atomic E-state index is 13.3. The third-order valence-corrected chi connectivity index (χ3v) is 6.78. The molecule has 35 heavy (non-hydrogen) atoms. The van der Waals surface area contributed by atoms with E-state index in [4.69, 9.17) is 11.6 Å². The molecule has 0 aliphatic rings. The van der Waals surface area contributed by atoms with Gasteiger partial charge < -0.3 is 10.2 Å². The third kappa shape index (κ3) is 9.18. The second kappa shape index (κ2) is 11.9. The lowest BCUT2D eigenvalue weighted by Crippen LogP contribution is -2.52. The van der Waals surface area contributed by atoms with E-state index < -0.39 is 21.6 Å². The van der Waals surface area contributed by atoms with Crippen molar-refractivity contribution in [2.75, 3.05) is 17.1 Å². The highest BCUT2D eigenvalue weighted by atomic mass is 35.5. The normalized spacial score (nSPS) is 12.7. The fraction of sp³-hybridized carbons (Fsp3) is 0.462. The molecule has 1 atom stereocenters. The van der Waals surface area contributed by atoms with Gasteiger partial charge in [-0.1, -0.05) is 35.9 Å². The van der Waals surface area contributed by atoms with Crippen molar-refractivity contribution in [1.82, 2.24) is 10.2 Å². The molecule has 2 aromatic carbocycles. The molecule has 2 rings (SSSR count). The number of anilines is 1. The zero-order valence-corrected chi connectivity index (χ0v) is 22.9. The summed E-state index contributed by atoms with van der Waals surface area (Å²) in [5.74, 6) is -0.496. The topological polar surface area (TPSA) is 86.8 Å². The van der Waals surface area contributed by atoms with Crippen LogP contribution in [-0.4, -0.2) is 49.5 Å². The minimum atomic E-state index is -3.53. The summed E-state index contributed by atoms with van der Waals surface area (Å²) in [6.07, 6.45) is 1.55. The first-order chi connectivity index (χ1) is 16.2. The quantitative estimate of drug-likeness (QED) is 0.497. The first-order valence-electron chi connectivity index (χ1n) is 11.6. The Labute approximate surface area is 214 Å².